The molecule has 0 saturated heterocycles. The summed E-state index contributed by atoms with van der Waals surface area (Å²) in [7, 11) is 2.07. The zero-order chi connectivity index (χ0) is 13.7. The number of rotatable bonds is 8. The van der Waals surface area contributed by atoms with E-state index < -0.39 is 0 Å². The number of anilines is 1. The Morgan fingerprint density at radius 3 is 2.84 bits per heavy atom. The van der Waals surface area contributed by atoms with Crippen LogP contribution < -0.4 is 10.6 Å². The molecular formula is C15H25N3O. The van der Waals surface area contributed by atoms with Crippen LogP contribution >= 0.6 is 0 Å². The van der Waals surface area contributed by atoms with E-state index in [1.807, 2.05) is 12.3 Å². The molecule has 19 heavy (non-hydrogen) atoms. The lowest BCUT2D eigenvalue weighted by Crippen LogP contribution is -2.23. The number of nitrogens with zero attached hydrogens (tertiary/aromatic N) is 2. The predicted molar refractivity (Wildman–Crippen MR) is 78.3 cm³/mol. The van der Waals surface area contributed by atoms with E-state index in [2.05, 4.69) is 29.9 Å². The molecular weight excluding hydrogens is 238 g/mol. The number of pyridine rings is 1. The van der Waals surface area contributed by atoms with Crippen molar-refractivity contribution in [3.8, 4) is 0 Å². The highest BCUT2D eigenvalue weighted by Gasteiger charge is 2.20. The van der Waals surface area contributed by atoms with Gasteiger partial charge >= 0.3 is 0 Å². The second-order valence-electron chi connectivity index (χ2n) is 5.40. The molecule has 1 heterocycles. The van der Waals surface area contributed by atoms with Gasteiger partial charge in [-0.25, -0.2) is 0 Å². The van der Waals surface area contributed by atoms with E-state index in [9.17, 15) is 0 Å². The summed E-state index contributed by atoms with van der Waals surface area (Å²) in [4.78, 5) is 6.60. The maximum Gasteiger partial charge on any atom is 0.0641 e. The zero-order valence-corrected chi connectivity index (χ0v) is 12.0. The van der Waals surface area contributed by atoms with E-state index in [-0.39, 0.29) is 6.04 Å². The highest BCUT2D eigenvalue weighted by molar-refractivity contribution is 5.43. The first-order valence-corrected chi connectivity index (χ1v) is 7.21. The van der Waals surface area contributed by atoms with Gasteiger partial charge in [0.25, 0.3) is 0 Å². The zero-order valence-electron chi connectivity index (χ0n) is 12.0. The molecule has 1 saturated carbocycles. The molecule has 1 aromatic rings. The van der Waals surface area contributed by atoms with E-state index in [0.717, 1.165) is 43.5 Å². The lowest BCUT2D eigenvalue weighted by atomic mass is 10.1. The Kier molecular flexibility index (Phi) is 5.16. The van der Waals surface area contributed by atoms with Crippen LogP contribution in [0.3, 0.4) is 0 Å². The Morgan fingerprint density at radius 1 is 1.47 bits per heavy atom. The Balaban J connectivity index is 1.75. The third-order valence-electron chi connectivity index (χ3n) is 3.65. The molecule has 0 spiro atoms. The molecule has 106 valence electrons. The van der Waals surface area contributed by atoms with Crippen LogP contribution in [-0.4, -0.2) is 31.8 Å². The van der Waals surface area contributed by atoms with Crippen LogP contribution in [-0.2, 0) is 4.74 Å². The van der Waals surface area contributed by atoms with Gasteiger partial charge in [-0.15, -0.1) is 0 Å². The largest absolute Gasteiger partial charge is 0.379 e. The lowest BCUT2D eigenvalue weighted by Gasteiger charge is -2.19. The Bertz CT molecular complexity index is 375. The predicted octanol–water partition coefficient (Wildman–Crippen LogP) is 2.35. The average Bonchev–Trinajstić information content (AvgIpc) is 3.27. The highest BCUT2D eigenvalue weighted by atomic mass is 16.5. The molecule has 1 atom stereocenters. The summed E-state index contributed by atoms with van der Waals surface area (Å²) in [6.45, 7) is 4.68. The molecule has 1 aliphatic rings. The molecule has 2 N–H and O–H groups in total. The van der Waals surface area contributed by atoms with Gasteiger partial charge in [0.15, 0.2) is 0 Å². The van der Waals surface area contributed by atoms with Crippen molar-refractivity contribution in [2.45, 2.75) is 32.2 Å². The minimum Gasteiger partial charge on any atom is -0.379 e. The SMILES string of the molecule is CCC(N)c1ccc(N(C)CCOCC2CC2)cn1. The second kappa shape index (κ2) is 6.87. The van der Waals surface area contributed by atoms with Crippen molar-refractivity contribution in [3.63, 3.8) is 0 Å². The van der Waals surface area contributed by atoms with E-state index in [1.54, 1.807) is 0 Å². The number of aromatic nitrogens is 1. The van der Waals surface area contributed by atoms with Crippen LogP contribution in [0.2, 0.25) is 0 Å². The van der Waals surface area contributed by atoms with Crippen LogP contribution in [0.1, 0.15) is 37.9 Å². The fourth-order valence-corrected chi connectivity index (χ4v) is 1.92. The minimum absolute atomic E-state index is 0.0428. The van der Waals surface area contributed by atoms with Crippen molar-refractivity contribution < 1.29 is 4.74 Å². The summed E-state index contributed by atoms with van der Waals surface area (Å²) in [5.74, 6) is 0.835. The van der Waals surface area contributed by atoms with Crippen molar-refractivity contribution >= 4 is 5.69 Å². The molecule has 1 unspecified atom stereocenters. The van der Waals surface area contributed by atoms with Crippen LogP contribution in [0.4, 0.5) is 5.69 Å². The van der Waals surface area contributed by atoms with Crippen molar-refractivity contribution in [2.75, 3.05) is 31.7 Å². The maximum atomic E-state index is 5.96. The number of hydrogen-bond acceptors (Lipinski definition) is 4. The Labute approximate surface area is 116 Å². The number of likely N-dealkylation sites (N-methyl/N-ethyl adjacent to an activating group) is 1. The normalized spacial score (nSPS) is 16.4. The molecule has 0 radical (unpaired) electrons. The van der Waals surface area contributed by atoms with Crippen LogP contribution in [0, 0.1) is 5.92 Å². The van der Waals surface area contributed by atoms with Gasteiger partial charge in [0.1, 0.15) is 0 Å². The molecule has 0 aliphatic heterocycles. The topological polar surface area (TPSA) is 51.4 Å². The molecule has 1 aliphatic carbocycles. The quantitative estimate of drug-likeness (QED) is 0.732. The van der Waals surface area contributed by atoms with Gasteiger partial charge in [0.2, 0.25) is 0 Å². The van der Waals surface area contributed by atoms with Crippen LogP contribution in [0.5, 0.6) is 0 Å². The third-order valence-corrected chi connectivity index (χ3v) is 3.65. The van der Waals surface area contributed by atoms with Crippen molar-refractivity contribution in [3.05, 3.63) is 24.0 Å². The van der Waals surface area contributed by atoms with Crippen molar-refractivity contribution in [1.29, 1.82) is 0 Å². The molecule has 4 heteroatoms. The van der Waals surface area contributed by atoms with Gasteiger partial charge in [0.05, 0.1) is 24.2 Å². The summed E-state index contributed by atoms with van der Waals surface area (Å²) in [6.07, 6.45) is 5.50. The van der Waals surface area contributed by atoms with Crippen LogP contribution in [0.15, 0.2) is 18.3 Å². The summed E-state index contributed by atoms with van der Waals surface area (Å²) < 4.78 is 5.65. The first kappa shape index (κ1) is 14.3. The van der Waals surface area contributed by atoms with Gasteiger partial charge in [-0.1, -0.05) is 6.92 Å². The van der Waals surface area contributed by atoms with Crippen molar-refractivity contribution in [2.24, 2.45) is 11.7 Å². The molecule has 0 amide bonds. The molecule has 0 bridgehead atoms. The van der Waals surface area contributed by atoms with E-state index in [1.165, 1.54) is 12.8 Å². The van der Waals surface area contributed by atoms with Gasteiger partial charge in [-0.05, 0) is 37.3 Å². The first-order valence-electron chi connectivity index (χ1n) is 7.21. The second-order valence-corrected chi connectivity index (χ2v) is 5.40. The monoisotopic (exact) mass is 263 g/mol. The molecule has 4 nitrogen and oxygen atoms in total. The smallest absolute Gasteiger partial charge is 0.0641 e. The fourth-order valence-electron chi connectivity index (χ4n) is 1.92. The molecule has 0 aromatic carbocycles. The van der Waals surface area contributed by atoms with E-state index in [0.29, 0.717) is 0 Å². The van der Waals surface area contributed by atoms with Gasteiger partial charge in [0, 0.05) is 26.2 Å². The molecule has 1 fully saturated rings. The van der Waals surface area contributed by atoms with E-state index in [4.69, 9.17) is 10.5 Å². The number of hydrogen-bond donors (Lipinski definition) is 1. The van der Waals surface area contributed by atoms with Gasteiger partial charge in [-0.2, -0.15) is 0 Å². The van der Waals surface area contributed by atoms with Crippen molar-refractivity contribution in [1.82, 2.24) is 4.98 Å². The molecule has 2 rings (SSSR count). The van der Waals surface area contributed by atoms with Gasteiger partial charge < -0.3 is 15.4 Å². The van der Waals surface area contributed by atoms with E-state index >= 15 is 0 Å². The number of nitrogens with two attached hydrogens (primary N) is 1. The highest BCUT2D eigenvalue weighted by Crippen LogP contribution is 2.28. The summed E-state index contributed by atoms with van der Waals surface area (Å²) in [5, 5.41) is 0. The van der Waals surface area contributed by atoms with Crippen LogP contribution in [0.25, 0.3) is 0 Å². The maximum absolute atomic E-state index is 5.96. The first-order chi connectivity index (χ1) is 9.20. The molecule has 1 aromatic heterocycles. The van der Waals surface area contributed by atoms with Gasteiger partial charge in [-0.3, -0.25) is 4.98 Å². The fraction of sp³-hybridized carbons (Fsp3) is 0.667. The lowest BCUT2D eigenvalue weighted by molar-refractivity contribution is 0.131. The Hall–Kier alpha value is -1.13. The minimum atomic E-state index is 0.0428. The summed E-state index contributed by atoms with van der Waals surface area (Å²) in [5.41, 5.74) is 8.03. The standard InChI is InChI=1S/C15H25N3O/c1-3-14(16)15-7-6-13(10-17-15)18(2)8-9-19-11-12-4-5-12/h6-7,10,12,14H,3-5,8-9,11,16H2,1-2H3. The third kappa shape index (κ3) is 4.48. The summed E-state index contributed by atoms with van der Waals surface area (Å²) >= 11 is 0. The average molecular weight is 263 g/mol. The Morgan fingerprint density at radius 2 is 2.26 bits per heavy atom. The summed E-state index contributed by atoms with van der Waals surface area (Å²) in [6, 6.07) is 4.14. The number of ether oxygens (including phenoxy) is 1.